The third kappa shape index (κ3) is 5.56. The number of para-hydroxylation sites is 1. The number of rotatable bonds is 10. The highest BCUT2D eigenvalue weighted by Gasteiger charge is 2.29. The standard InChI is InChI=1S/C30H34N4O4S2/c1-4-32(5-2)19-20-33(30-31-26-21-24(38-3)14-17-28(26)39-30)29(35)23-12-15-25(16-13-23)40(36,37)34-18-8-10-22-9-6-7-11-27(22)34/h6-7,9,11-17,21H,4-5,8,10,18-20H2,1-3H3. The van der Waals surface area contributed by atoms with Crippen LogP contribution in [0.15, 0.2) is 71.6 Å². The van der Waals surface area contributed by atoms with Gasteiger partial charge in [-0.1, -0.05) is 43.4 Å². The molecule has 0 saturated heterocycles. The number of amides is 1. The van der Waals surface area contributed by atoms with Crippen molar-refractivity contribution in [3.8, 4) is 5.75 Å². The zero-order valence-electron chi connectivity index (χ0n) is 23.0. The first-order valence-electron chi connectivity index (χ1n) is 13.5. The van der Waals surface area contributed by atoms with Crippen LogP contribution >= 0.6 is 11.3 Å². The number of sulfonamides is 1. The Balaban J connectivity index is 1.44. The van der Waals surface area contributed by atoms with E-state index in [4.69, 9.17) is 9.72 Å². The molecule has 0 atom stereocenters. The zero-order chi connectivity index (χ0) is 28.3. The predicted molar refractivity (Wildman–Crippen MR) is 161 cm³/mol. The van der Waals surface area contributed by atoms with Crippen LogP contribution in [0, 0.1) is 0 Å². The topological polar surface area (TPSA) is 83.1 Å². The number of carbonyl (C=O) groups excluding carboxylic acids is 1. The number of ether oxygens (including phenoxy) is 1. The maximum Gasteiger partial charge on any atom is 0.264 e. The molecule has 1 aliphatic rings. The molecular weight excluding hydrogens is 544 g/mol. The van der Waals surface area contributed by atoms with Crippen LogP contribution in [0.1, 0.15) is 36.2 Å². The minimum Gasteiger partial charge on any atom is -0.497 e. The molecule has 0 fully saturated rings. The van der Waals surface area contributed by atoms with Gasteiger partial charge in [-0.25, -0.2) is 13.4 Å². The van der Waals surface area contributed by atoms with Crippen LogP contribution in [0.2, 0.25) is 0 Å². The smallest absolute Gasteiger partial charge is 0.264 e. The van der Waals surface area contributed by atoms with Crippen molar-refractivity contribution in [3.63, 3.8) is 0 Å². The highest BCUT2D eigenvalue weighted by atomic mass is 32.2. The Labute approximate surface area is 239 Å². The molecule has 3 aromatic carbocycles. The Morgan fingerprint density at radius 2 is 1.77 bits per heavy atom. The third-order valence-corrected chi connectivity index (χ3v) is 10.2. The molecule has 1 amide bonds. The zero-order valence-corrected chi connectivity index (χ0v) is 24.7. The fraction of sp³-hybridized carbons (Fsp3) is 0.333. The summed E-state index contributed by atoms with van der Waals surface area (Å²) in [7, 11) is -2.15. The maximum atomic E-state index is 13.9. The Morgan fingerprint density at radius 1 is 1.02 bits per heavy atom. The molecule has 0 N–H and O–H groups in total. The second kappa shape index (κ2) is 12.0. The molecule has 0 unspecified atom stereocenters. The van der Waals surface area contributed by atoms with Crippen molar-refractivity contribution in [1.29, 1.82) is 0 Å². The number of anilines is 2. The van der Waals surface area contributed by atoms with E-state index in [0.717, 1.165) is 47.4 Å². The predicted octanol–water partition coefficient (Wildman–Crippen LogP) is 5.44. The van der Waals surface area contributed by atoms with Crippen LogP contribution in [0.5, 0.6) is 5.75 Å². The van der Waals surface area contributed by atoms with Gasteiger partial charge in [-0.05, 0) is 74.0 Å². The minimum absolute atomic E-state index is 0.169. The van der Waals surface area contributed by atoms with Crippen molar-refractivity contribution in [1.82, 2.24) is 9.88 Å². The number of carbonyl (C=O) groups is 1. The third-order valence-electron chi connectivity index (χ3n) is 7.35. The summed E-state index contributed by atoms with van der Waals surface area (Å²) in [5.74, 6) is 0.490. The molecule has 5 rings (SSSR count). The molecule has 1 aliphatic heterocycles. The summed E-state index contributed by atoms with van der Waals surface area (Å²) in [6.07, 6.45) is 1.62. The van der Waals surface area contributed by atoms with Gasteiger partial charge in [0.15, 0.2) is 5.13 Å². The lowest BCUT2D eigenvalue weighted by molar-refractivity contribution is 0.0983. The van der Waals surface area contributed by atoms with E-state index in [2.05, 4.69) is 18.7 Å². The van der Waals surface area contributed by atoms with Gasteiger partial charge < -0.3 is 9.64 Å². The first kappa shape index (κ1) is 28.1. The van der Waals surface area contributed by atoms with Gasteiger partial charge in [0.05, 0.1) is 27.9 Å². The number of fused-ring (bicyclic) bond motifs is 2. The second-order valence-electron chi connectivity index (χ2n) is 9.65. The first-order chi connectivity index (χ1) is 19.3. The highest BCUT2D eigenvalue weighted by molar-refractivity contribution is 7.92. The summed E-state index contributed by atoms with van der Waals surface area (Å²) in [6.45, 7) is 7.53. The van der Waals surface area contributed by atoms with Gasteiger partial charge in [-0.15, -0.1) is 0 Å². The Hall–Kier alpha value is -3.47. The molecule has 40 heavy (non-hydrogen) atoms. The molecule has 0 radical (unpaired) electrons. The summed E-state index contributed by atoms with van der Waals surface area (Å²) >= 11 is 1.45. The van der Waals surface area contributed by atoms with Gasteiger partial charge >= 0.3 is 0 Å². The van der Waals surface area contributed by atoms with Crippen LogP contribution in [0.3, 0.4) is 0 Å². The molecule has 0 saturated carbocycles. The summed E-state index contributed by atoms with van der Waals surface area (Å²) in [5, 5.41) is 0.599. The van der Waals surface area contributed by atoms with Crippen molar-refractivity contribution >= 4 is 48.3 Å². The first-order valence-corrected chi connectivity index (χ1v) is 15.8. The van der Waals surface area contributed by atoms with Crippen molar-refractivity contribution in [2.45, 2.75) is 31.6 Å². The molecular formula is C30H34N4O4S2. The highest BCUT2D eigenvalue weighted by Crippen LogP contribution is 2.33. The van der Waals surface area contributed by atoms with E-state index < -0.39 is 10.0 Å². The quantitative estimate of drug-likeness (QED) is 0.249. The second-order valence-corrected chi connectivity index (χ2v) is 12.5. The number of hydrogen-bond acceptors (Lipinski definition) is 7. The van der Waals surface area contributed by atoms with Crippen molar-refractivity contribution in [2.24, 2.45) is 0 Å². The van der Waals surface area contributed by atoms with Crippen LogP contribution in [0.25, 0.3) is 10.2 Å². The SMILES string of the molecule is CCN(CC)CCN(C(=O)c1ccc(S(=O)(=O)N2CCCc3ccccc32)cc1)c1nc2cc(OC)ccc2s1. The average molecular weight is 579 g/mol. The van der Waals surface area contributed by atoms with Gasteiger partial charge in [0.25, 0.3) is 15.9 Å². The number of nitrogens with zero attached hydrogens (tertiary/aromatic N) is 4. The molecule has 10 heteroatoms. The molecule has 2 heterocycles. The number of benzene rings is 3. The van der Waals surface area contributed by atoms with Crippen molar-refractivity contribution in [3.05, 3.63) is 77.9 Å². The maximum absolute atomic E-state index is 13.9. The van der Waals surface area contributed by atoms with Gasteiger partial charge in [0.1, 0.15) is 5.75 Å². The Kier molecular flexibility index (Phi) is 8.39. The number of likely N-dealkylation sites (N-methyl/N-ethyl adjacent to an activating group) is 1. The lowest BCUT2D eigenvalue weighted by Gasteiger charge is -2.30. The number of thiazole rings is 1. The number of hydrogen-bond donors (Lipinski definition) is 0. The summed E-state index contributed by atoms with van der Waals surface area (Å²) < 4.78 is 35.0. The normalized spacial score (nSPS) is 13.4. The van der Waals surface area contributed by atoms with Gasteiger partial charge in [0, 0.05) is 31.3 Å². The summed E-state index contributed by atoms with van der Waals surface area (Å²) in [5.41, 5.74) is 2.93. The number of aryl methyl sites for hydroxylation is 1. The molecule has 8 nitrogen and oxygen atoms in total. The lowest BCUT2D eigenvalue weighted by Crippen LogP contribution is -2.39. The van der Waals surface area contributed by atoms with E-state index in [1.807, 2.05) is 42.5 Å². The Bertz CT molecular complexity index is 1600. The van der Waals surface area contributed by atoms with E-state index in [1.54, 1.807) is 24.1 Å². The molecule has 1 aromatic heterocycles. The van der Waals surface area contributed by atoms with E-state index in [0.29, 0.717) is 36.1 Å². The van der Waals surface area contributed by atoms with Gasteiger partial charge in [-0.2, -0.15) is 0 Å². The molecule has 210 valence electrons. The monoisotopic (exact) mass is 578 g/mol. The number of aromatic nitrogens is 1. The van der Waals surface area contributed by atoms with Crippen LogP contribution in [-0.2, 0) is 16.4 Å². The molecule has 4 aromatic rings. The van der Waals surface area contributed by atoms with E-state index in [9.17, 15) is 13.2 Å². The lowest BCUT2D eigenvalue weighted by atomic mass is 10.0. The van der Waals surface area contributed by atoms with Crippen LogP contribution in [-0.4, -0.2) is 64.0 Å². The average Bonchev–Trinajstić information content (AvgIpc) is 3.41. The fourth-order valence-corrected chi connectivity index (χ4v) is 7.52. The molecule has 0 bridgehead atoms. The van der Waals surface area contributed by atoms with Gasteiger partial charge in [-0.3, -0.25) is 14.0 Å². The fourth-order valence-electron chi connectivity index (χ4n) is 5.00. The molecule has 0 aliphatic carbocycles. The van der Waals surface area contributed by atoms with Crippen LogP contribution < -0.4 is 13.9 Å². The minimum atomic E-state index is -3.76. The largest absolute Gasteiger partial charge is 0.497 e. The van der Waals surface area contributed by atoms with E-state index in [1.165, 1.54) is 27.8 Å². The molecule has 0 spiro atoms. The Morgan fingerprint density at radius 3 is 2.50 bits per heavy atom. The van der Waals surface area contributed by atoms with Crippen molar-refractivity contribution < 1.29 is 17.9 Å². The summed E-state index contributed by atoms with van der Waals surface area (Å²) in [6, 6.07) is 19.6. The number of methoxy groups -OCH3 is 1. The van der Waals surface area contributed by atoms with E-state index >= 15 is 0 Å². The van der Waals surface area contributed by atoms with Crippen molar-refractivity contribution in [2.75, 3.05) is 49.0 Å². The van der Waals surface area contributed by atoms with Crippen LogP contribution in [0.4, 0.5) is 10.8 Å². The summed E-state index contributed by atoms with van der Waals surface area (Å²) in [4.78, 5) is 22.7. The van der Waals surface area contributed by atoms with E-state index in [-0.39, 0.29) is 10.8 Å². The van der Waals surface area contributed by atoms with Gasteiger partial charge in [0.2, 0.25) is 0 Å².